The van der Waals surface area contributed by atoms with Gasteiger partial charge in [0.15, 0.2) is 5.82 Å². The van der Waals surface area contributed by atoms with E-state index in [4.69, 9.17) is 11.1 Å². The van der Waals surface area contributed by atoms with E-state index in [9.17, 15) is 4.79 Å². The Kier molecular flexibility index (Phi) is 4.68. The molecule has 1 aromatic heterocycles. The van der Waals surface area contributed by atoms with Gasteiger partial charge in [-0.15, -0.1) is 0 Å². The molecule has 0 aliphatic heterocycles. The number of anilines is 1. The monoisotopic (exact) mass is 237 g/mol. The maximum Gasteiger partial charge on any atom is 0.293 e. The highest BCUT2D eigenvalue weighted by molar-refractivity contribution is 5.77. The van der Waals surface area contributed by atoms with E-state index in [1.807, 2.05) is 18.7 Å². The molecule has 0 amide bonds. The zero-order valence-corrected chi connectivity index (χ0v) is 10.3. The molecule has 0 saturated carbocycles. The van der Waals surface area contributed by atoms with E-state index in [0.717, 1.165) is 0 Å². The van der Waals surface area contributed by atoms with Crippen molar-refractivity contribution in [3.8, 4) is 0 Å². The standard InChI is InChI=1S/C11H19N5O/c1-3-15(7-5-9(12)13)10-11(17)16(4-2)8-6-14-10/h6,8H,3-5,7H2,1-2H3,(H3,12,13). The first-order valence-corrected chi connectivity index (χ1v) is 5.73. The summed E-state index contributed by atoms with van der Waals surface area (Å²) in [7, 11) is 0. The topological polar surface area (TPSA) is 88.0 Å². The van der Waals surface area contributed by atoms with Crippen LogP contribution in [0.25, 0.3) is 0 Å². The molecule has 0 aliphatic rings. The minimum absolute atomic E-state index is 0.0968. The van der Waals surface area contributed by atoms with E-state index in [2.05, 4.69) is 4.98 Å². The normalized spacial score (nSPS) is 10.2. The number of hydrogen-bond donors (Lipinski definition) is 2. The minimum atomic E-state index is -0.0968. The summed E-state index contributed by atoms with van der Waals surface area (Å²) in [5.74, 6) is 0.549. The van der Waals surface area contributed by atoms with Crippen LogP contribution in [0.4, 0.5) is 5.82 Å². The van der Waals surface area contributed by atoms with Crippen LogP contribution in [-0.4, -0.2) is 28.5 Å². The molecule has 0 aliphatic carbocycles. The lowest BCUT2D eigenvalue weighted by Gasteiger charge is -2.21. The SMILES string of the molecule is CCN(CCC(=N)N)c1nccn(CC)c1=O. The smallest absolute Gasteiger partial charge is 0.293 e. The fraction of sp³-hybridized carbons (Fsp3) is 0.545. The lowest BCUT2D eigenvalue weighted by molar-refractivity contribution is 0.700. The van der Waals surface area contributed by atoms with Gasteiger partial charge in [0, 0.05) is 38.4 Å². The fourth-order valence-corrected chi connectivity index (χ4v) is 1.57. The third kappa shape index (κ3) is 3.30. The number of amidine groups is 1. The molecular weight excluding hydrogens is 218 g/mol. The van der Waals surface area contributed by atoms with Gasteiger partial charge < -0.3 is 15.2 Å². The van der Waals surface area contributed by atoms with Crippen LogP contribution in [0.1, 0.15) is 20.3 Å². The quantitative estimate of drug-likeness (QED) is 0.554. The second kappa shape index (κ2) is 6.03. The summed E-state index contributed by atoms with van der Waals surface area (Å²) in [6, 6.07) is 0. The summed E-state index contributed by atoms with van der Waals surface area (Å²) < 4.78 is 1.61. The van der Waals surface area contributed by atoms with Gasteiger partial charge in [-0.25, -0.2) is 4.98 Å². The molecule has 1 rings (SSSR count). The number of rotatable bonds is 6. The Labute approximate surface area is 101 Å². The van der Waals surface area contributed by atoms with Gasteiger partial charge in [-0.05, 0) is 13.8 Å². The molecule has 94 valence electrons. The van der Waals surface area contributed by atoms with E-state index >= 15 is 0 Å². The van der Waals surface area contributed by atoms with E-state index in [1.54, 1.807) is 17.0 Å². The highest BCUT2D eigenvalue weighted by atomic mass is 16.1. The second-order valence-corrected chi connectivity index (χ2v) is 3.70. The van der Waals surface area contributed by atoms with Crippen LogP contribution in [0, 0.1) is 5.41 Å². The first-order valence-electron chi connectivity index (χ1n) is 5.73. The van der Waals surface area contributed by atoms with Gasteiger partial charge >= 0.3 is 0 Å². The van der Waals surface area contributed by atoms with Crippen molar-refractivity contribution in [3.05, 3.63) is 22.7 Å². The van der Waals surface area contributed by atoms with Crippen molar-refractivity contribution in [2.75, 3.05) is 18.0 Å². The Hall–Kier alpha value is -1.85. The molecule has 0 saturated heterocycles. The van der Waals surface area contributed by atoms with Crippen molar-refractivity contribution < 1.29 is 0 Å². The summed E-state index contributed by atoms with van der Waals surface area (Å²) in [6.07, 6.45) is 3.73. The largest absolute Gasteiger partial charge is 0.388 e. The third-order valence-electron chi connectivity index (χ3n) is 2.57. The van der Waals surface area contributed by atoms with Crippen LogP contribution in [0.3, 0.4) is 0 Å². The molecule has 6 nitrogen and oxygen atoms in total. The van der Waals surface area contributed by atoms with Crippen molar-refractivity contribution in [1.29, 1.82) is 5.41 Å². The number of nitrogens with one attached hydrogen (secondary N) is 1. The average Bonchev–Trinajstić information content (AvgIpc) is 2.31. The van der Waals surface area contributed by atoms with Crippen LogP contribution in [0.5, 0.6) is 0 Å². The van der Waals surface area contributed by atoms with E-state index < -0.39 is 0 Å². The van der Waals surface area contributed by atoms with Crippen molar-refractivity contribution in [1.82, 2.24) is 9.55 Å². The van der Waals surface area contributed by atoms with Crippen LogP contribution in [-0.2, 0) is 6.54 Å². The van der Waals surface area contributed by atoms with Gasteiger partial charge in [0.25, 0.3) is 5.56 Å². The van der Waals surface area contributed by atoms with Crippen molar-refractivity contribution >= 4 is 11.7 Å². The highest BCUT2D eigenvalue weighted by Gasteiger charge is 2.11. The van der Waals surface area contributed by atoms with Crippen LogP contribution in [0.2, 0.25) is 0 Å². The Morgan fingerprint density at radius 3 is 2.82 bits per heavy atom. The molecule has 1 heterocycles. The predicted octanol–water partition coefficient (Wildman–Crippen LogP) is 0.416. The molecular formula is C11H19N5O. The van der Waals surface area contributed by atoms with Crippen LogP contribution in [0.15, 0.2) is 17.2 Å². The molecule has 0 radical (unpaired) electrons. The summed E-state index contributed by atoms with van der Waals surface area (Å²) in [6.45, 7) is 5.70. The van der Waals surface area contributed by atoms with Gasteiger partial charge in [-0.1, -0.05) is 0 Å². The zero-order chi connectivity index (χ0) is 12.8. The molecule has 1 aromatic rings. The lowest BCUT2D eigenvalue weighted by Crippen LogP contribution is -2.35. The summed E-state index contributed by atoms with van der Waals surface area (Å²) >= 11 is 0. The van der Waals surface area contributed by atoms with Gasteiger partial charge in [0.1, 0.15) is 0 Å². The molecule has 3 N–H and O–H groups in total. The van der Waals surface area contributed by atoms with Gasteiger partial charge in [0.2, 0.25) is 0 Å². The number of aryl methyl sites for hydroxylation is 1. The number of nitrogens with zero attached hydrogens (tertiary/aromatic N) is 3. The average molecular weight is 237 g/mol. The van der Waals surface area contributed by atoms with Gasteiger partial charge in [0.05, 0.1) is 5.84 Å². The summed E-state index contributed by atoms with van der Waals surface area (Å²) in [5.41, 5.74) is 5.22. The van der Waals surface area contributed by atoms with E-state index in [1.165, 1.54) is 0 Å². The van der Waals surface area contributed by atoms with Gasteiger partial charge in [-0.2, -0.15) is 0 Å². The third-order valence-corrected chi connectivity index (χ3v) is 2.57. The number of aromatic nitrogens is 2. The number of nitrogens with two attached hydrogens (primary N) is 1. The first-order chi connectivity index (χ1) is 8.10. The molecule has 0 bridgehead atoms. The van der Waals surface area contributed by atoms with Crippen molar-refractivity contribution in [3.63, 3.8) is 0 Å². The predicted molar refractivity (Wildman–Crippen MR) is 68.6 cm³/mol. The highest BCUT2D eigenvalue weighted by Crippen LogP contribution is 2.03. The minimum Gasteiger partial charge on any atom is -0.388 e. The molecule has 0 unspecified atom stereocenters. The fourth-order valence-electron chi connectivity index (χ4n) is 1.57. The van der Waals surface area contributed by atoms with Gasteiger partial charge in [-0.3, -0.25) is 10.2 Å². The molecule has 0 fully saturated rings. The zero-order valence-electron chi connectivity index (χ0n) is 10.3. The van der Waals surface area contributed by atoms with E-state index in [0.29, 0.717) is 31.9 Å². The number of hydrogen-bond acceptors (Lipinski definition) is 4. The molecule has 0 aromatic carbocycles. The Balaban J connectivity index is 2.95. The Morgan fingerprint density at radius 1 is 1.59 bits per heavy atom. The van der Waals surface area contributed by atoms with Crippen LogP contribution < -0.4 is 16.2 Å². The summed E-state index contributed by atoms with van der Waals surface area (Å²) in [4.78, 5) is 18.0. The van der Waals surface area contributed by atoms with Crippen LogP contribution >= 0.6 is 0 Å². The maximum absolute atomic E-state index is 12.0. The first kappa shape index (κ1) is 13.2. The lowest BCUT2D eigenvalue weighted by atomic mass is 10.3. The van der Waals surface area contributed by atoms with E-state index in [-0.39, 0.29) is 11.4 Å². The summed E-state index contributed by atoms with van der Waals surface area (Å²) in [5, 5.41) is 7.20. The Bertz CT molecular complexity index is 440. The molecule has 6 heteroatoms. The molecule has 17 heavy (non-hydrogen) atoms. The van der Waals surface area contributed by atoms with Crippen molar-refractivity contribution in [2.24, 2.45) is 5.73 Å². The van der Waals surface area contributed by atoms with Crippen molar-refractivity contribution in [2.45, 2.75) is 26.8 Å². The maximum atomic E-state index is 12.0. The Morgan fingerprint density at radius 2 is 2.29 bits per heavy atom. The molecule has 0 atom stereocenters. The second-order valence-electron chi connectivity index (χ2n) is 3.70. The molecule has 0 spiro atoms.